The van der Waals surface area contributed by atoms with Crippen LogP contribution in [-0.4, -0.2) is 35.4 Å². The molecule has 1 aliphatic heterocycles. The van der Waals surface area contributed by atoms with Gasteiger partial charge in [0.25, 0.3) is 0 Å². The van der Waals surface area contributed by atoms with Gasteiger partial charge in [-0.05, 0) is 17.0 Å². The van der Waals surface area contributed by atoms with Gasteiger partial charge in [-0.25, -0.2) is 0 Å². The van der Waals surface area contributed by atoms with Gasteiger partial charge in [-0.15, -0.1) is 12.4 Å². The van der Waals surface area contributed by atoms with Gasteiger partial charge in [0.15, 0.2) is 0 Å². The van der Waals surface area contributed by atoms with Crippen LogP contribution in [0.15, 0.2) is 24.5 Å². The molecule has 0 aliphatic carbocycles. The Bertz CT molecular complexity index is 450. The van der Waals surface area contributed by atoms with Gasteiger partial charge in [-0.3, -0.25) is 9.78 Å². The molecule has 0 bridgehead atoms. The van der Waals surface area contributed by atoms with Gasteiger partial charge < -0.3 is 10.2 Å². The summed E-state index contributed by atoms with van der Waals surface area (Å²) in [6.45, 7) is 8.92. The molecule has 0 saturated carbocycles. The van der Waals surface area contributed by atoms with Crippen LogP contribution in [0.4, 0.5) is 0 Å². The lowest BCUT2D eigenvalue weighted by Gasteiger charge is -2.38. The van der Waals surface area contributed by atoms with Gasteiger partial charge in [-0.2, -0.15) is 0 Å². The number of piperazine rings is 1. The molecule has 1 atom stereocenters. The number of amides is 1. The fourth-order valence-corrected chi connectivity index (χ4v) is 2.51. The molecule has 1 N–H and O–H groups in total. The zero-order valence-corrected chi connectivity index (χ0v) is 13.9. The van der Waals surface area contributed by atoms with Gasteiger partial charge in [0.05, 0.1) is 6.04 Å². The molecule has 0 spiro atoms. The molecule has 1 aliphatic rings. The summed E-state index contributed by atoms with van der Waals surface area (Å²) in [7, 11) is 0. The number of aromatic nitrogens is 1. The normalized spacial score (nSPS) is 19.0. The number of pyridine rings is 1. The summed E-state index contributed by atoms with van der Waals surface area (Å²) in [5, 5.41) is 3.37. The smallest absolute Gasteiger partial charge is 0.223 e. The van der Waals surface area contributed by atoms with Gasteiger partial charge in [0, 0.05) is 38.4 Å². The Labute approximate surface area is 133 Å². The first-order valence-corrected chi connectivity index (χ1v) is 7.43. The third-order valence-electron chi connectivity index (χ3n) is 4.22. The minimum absolute atomic E-state index is 0. The number of nitrogens with one attached hydrogen (secondary N) is 1. The van der Waals surface area contributed by atoms with Crippen LogP contribution in [0, 0.1) is 5.41 Å². The minimum atomic E-state index is 0. The lowest BCUT2D eigenvalue weighted by Crippen LogP contribution is -2.49. The second-order valence-electron chi connectivity index (χ2n) is 6.29. The first-order chi connectivity index (χ1) is 9.53. The molecular formula is C16H26ClN3O. The van der Waals surface area contributed by atoms with E-state index in [1.54, 1.807) is 6.20 Å². The van der Waals surface area contributed by atoms with Crippen LogP contribution in [0.1, 0.15) is 45.2 Å². The van der Waals surface area contributed by atoms with Crippen molar-refractivity contribution in [3.8, 4) is 0 Å². The van der Waals surface area contributed by atoms with Crippen molar-refractivity contribution in [1.29, 1.82) is 0 Å². The predicted molar refractivity (Wildman–Crippen MR) is 87.5 cm³/mol. The first-order valence-electron chi connectivity index (χ1n) is 7.43. The Kier molecular flexibility index (Phi) is 6.62. The number of hydrogen-bond donors (Lipinski definition) is 1. The highest BCUT2D eigenvalue weighted by Crippen LogP contribution is 2.29. The van der Waals surface area contributed by atoms with E-state index in [9.17, 15) is 4.79 Å². The van der Waals surface area contributed by atoms with E-state index in [1.165, 1.54) is 0 Å². The molecular weight excluding hydrogens is 286 g/mol. The summed E-state index contributed by atoms with van der Waals surface area (Å²) in [5.41, 5.74) is 1.18. The summed E-state index contributed by atoms with van der Waals surface area (Å²) in [6, 6.07) is 4.09. The quantitative estimate of drug-likeness (QED) is 0.930. The number of nitrogens with zero attached hydrogens (tertiary/aromatic N) is 2. The van der Waals surface area contributed by atoms with E-state index in [2.05, 4.69) is 37.1 Å². The van der Waals surface area contributed by atoms with Gasteiger partial charge >= 0.3 is 0 Å². The third kappa shape index (κ3) is 4.68. The highest BCUT2D eigenvalue weighted by Gasteiger charge is 2.30. The standard InChI is InChI=1S/C16H25N3O.ClH/c1-4-16(2,3)10-15(20)19-9-8-18-12-14(19)13-6-5-7-17-11-13;/h5-7,11,14,18H,4,8-10,12H2,1-3H3;1H. The lowest BCUT2D eigenvalue weighted by molar-refractivity contribution is -0.136. The molecule has 1 unspecified atom stereocenters. The van der Waals surface area contributed by atoms with Gasteiger partial charge in [0.1, 0.15) is 0 Å². The molecule has 5 heteroatoms. The number of carbonyl (C=O) groups excluding carboxylic acids is 1. The van der Waals surface area contributed by atoms with Crippen LogP contribution in [0.25, 0.3) is 0 Å². The van der Waals surface area contributed by atoms with Crippen LogP contribution in [-0.2, 0) is 4.79 Å². The molecule has 21 heavy (non-hydrogen) atoms. The van der Waals surface area contributed by atoms with E-state index >= 15 is 0 Å². The van der Waals surface area contributed by atoms with Crippen LogP contribution in [0.3, 0.4) is 0 Å². The molecule has 1 saturated heterocycles. The van der Waals surface area contributed by atoms with Crippen molar-refractivity contribution in [3.05, 3.63) is 30.1 Å². The summed E-state index contributed by atoms with van der Waals surface area (Å²) >= 11 is 0. The fraction of sp³-hybridized carbons (Fsp3) is 0.625. The number of halogens is 1. The molecule has 1 amide bonds. The molecule has 1 aromatic heterocycles. The average molecular weight is 312 g/mol. The number of hydrogen-bond acceptors (Lipinski definition) is 3. The van der Waals surface area contributed by atoms with E-state index in [1.807, 2.05) is 17.2 Å². The van der Waals surface area contributed by atoms with Crippen molar-refractivity contribution in [3.63, 3.8) is 0 Å². The second-order valence-corrected chi connectivity index (χ2v) is 6.29. The van der Waals surface area contributed by atoms with Crippen molar-refractivity contribution in [2.24, 2.45) is 5.41 Å². The maximum absolute atomic E-state index is 12.6. The van der Waals surface area contributed by atoms with E-state index in [-0.39, 0.29) is 29.8 Å². The van der Waals surface area contributed by atoms with E-state index in [4.69, 9.17) is 0 Å². The van der Waals surface area contributed by atoms with Crippen LogP contribution in [0.2, 0.25) is 0 Å². The summed E-state index contributed by atoms with van der Waals surface area (Å²) in [4.78, 5) is 18.8. The van der Waals surface area contributed by atoms with Crippen molar-refractivity contribution in [1.82, 2.24) is 15.2 Å². The molecule has 2 heterocycles. The first kappa shape index (κ1) is 17.9. The Morgan fingerprint density at radius 2 is 2.29 bits per heavy atom. The molecule has 1 fully saturated rings. The Balaban J connectivity index is 0.00000220. The third-order valence-corrected chi connectivity index (χ3v) is 4.22. The maximum Gasteiger partial charge on any atom is 0.223 e. The minimum Gasteiger partial charge on any atom is -0.333 e. The highest BCUT2D eigenvalue weighted by atomic mass is 35.5. The molecule has 118 valence electrons. The van der Waals surface area contributed by atoms with Gasteiger partial charge in [-0.1, -0.05) is 33.3 Å². The van der Waals surface area contributed by atoms with Crippen LogP contribution >= 0.6 is 12.4 Å². The van der Waals surface area contributed by atoms with Crippen molar-refractivity contribution < 1.29 is 4.79 Å². The maximum atomic E-state index is 12.6. The lowest BCUT2D eigenvalue weighted by atomic mass is 9.85. The Morgan fingerprint density at radius 3 is 2.90 bits per heavy atom. The summed E-state index contributed by atoms with van der Waals surface area (Å²) < 4.78 is 0. The van der Waals surface area contributed by atoms with Crippen molar-refractivity contribution in [2.45, 2.75) is 39.7 Å². The number of rotatable bonds is 4. The molecule has 1 aromatic rings. The molecule has 2 rings (SSSR count). The van der Waals surface area contributed by atoms with Crippen molar-refractivity contribution in [2.75, 3.05) is 19.6 Å². The molecule has 0 radical (unpaired) electrons. The van der Waals surface area contributed by atoms with E-state index in [0.29, 0.717) is 6.42 Å². The number of carbonyl (C=O) groups is 1. The summed E-state index contributed by atoms with van der Waals surface area (Å²) in [5.74, 6) is 0.257. The predicted octanol–water partition coefficient (Wildman–Crippen LogP) is 2.80. The topological polar surface area (TPSA) is 45.2 Å². The second kappa shape index (κ2) is 7.76. The average Bonchev–Trinajstić information content (AvgIpc) is 2.48. The summed E-state index contributed by atoms with van der Waals surface area (Å²) in [6.07, 6.45) is 5.26. The fourth-order valence-electron chi connectivity index (χ4n) is 2.51. The van der Waals surface area contributed by atoms with Crippen molar-refractivity contribution >= 4 is 18.3 Å². The molecule has 4 nitrogen and oxygen atoms in total. The van der Waals surface area contributed by atoms with Crippen LogP contribution in [0.5, 0.6) is 0 Å². The van der Waals surface area contributed by atoms with E-state index in [0.717, 1.165) is 31.6 Å². The van der Waals surface area contributed by atoms with Crippen LogP contribution < -0.4 is 5.32 Å². The highest BCUT2D eigenvalue weighted by molar-refractivity contribution is 5.85. The largest absolute Gasteiger partial charge is 0.333 e. The Morgan fingerprint density at radius 1 is 1.52 bits per heavy atom. The zero-order valence-electron chi connectivity index (χ0n) is 13.1. The van der Waals surface area contributed by atoms with Gasteiger partial charge in [0.2, 0.25) is 5.91 Å². The monoisotopic (exact) mass is 311 g/mol. The molecule has 0 aromatic carbocycles. The van der Waals surface area contributed by atoms with E-state index < -0.39 is 0 Å². The Hall–Kier alpha value is -1.13. The zero-order chi connectivity index (χ0) is 14.6. The SMILES string of the molecule is CCC(C)(C)CC(=O)N1CCNCC1c1cccnc1.Cl.